The van der Waals surface area contributed by atoms with Crippen LogP contribution in [0.25, 0.3) is 22.4 Å². The van der Waals surface area contributed by atoms with E-state index in [0.29, 0.717) is 17.0 Å². The number of carboxylic acid groups (broad SMARTS) is 1. The van der Waals surface area contributed by atoms with Crippen LogP contribution in [0.5, 0.6) is 0 Å². The maximum atomic E-state index is 13.3. The first-order chi connectivity index (χ1) is 17.4. The van der Waals surface area contributed by atoms with Crippen LogP contribution >= 0.6 is 11.6 Å². The average Bonchev–Trinajstić information content (AvgIpc) is 3.33. The van der Waals surface area contributed by atoms with E-state index in [1.54, 1.807) is 0 Å². The minimum Gasteiger partial charge on any atom is -0.483 e. The number of benzene rings is 2. The van der Waals surface area contributed by atoms with E-state index >= 15 is 0 Å². The molecule has 1 atom stereocenters. The van der Waals surface area contributed by atoms with Crippen molar-refractivity contribution >= 4 is 40.7 Å². The lowest BCUT2D eigenvalue weighted by molar-refractivity contribution is -0.137. The number of anilines is 1. The molecule has 192 valence electrons. The molecule has 2 aliphatic heterocycles. The molecular formula is C27H34ClN5O3. The first-order valence-electron chi connectivity index (χ1n) is 12.5. The van der Waals surface area contributed by atoms with Gasteiger partial charge >= 0.3 is 0 Å². The van der Waals surface area contributed by atoms with Crippen LogP contribution in [0.3, 0.4) is 0 Å². The van der Waals surface area contributed by atoms with Gasteiger partial charge in [0.15, 0.2) is 0 Å². The van der Waals surface area contributed by atoms with Gasteiger partial charge in [-0.25, -0.2) is 4.98 Å². The number of fused-ring (bicyclic) bond motifs is 1. The van der Waals surface area contributed by atoms with Crippen molar-refractivity contribution in [3.63, 3.8) is 0 Å². The Morgan fingerprint density at radius 1 is 1.14 bits per heavy atom. The van der Waals surface area contributed by atoms with Crippen LogP contribution < -0.4 is 4.90 Å². The Bertz CT molecular complexity index is 1160. The largest absolute Gasteiger partial charge is 0.483 e. The van der Waals surface area contributed by atoms with Crippen LogP contribution in [0.4, 0.5) is 5.69 Å². The number of piperazine rings is 1. The van der Waals surface area contributed by atoms with Gasteiger partial charge in [-0.2, -0.15) is 0 Å². The predicted molar refractivity (Wildman–Crippen MR) is 143 cm³/mol. The van der Waals surface area contributed by atoms with E-state index in [2.05, 4.69) is 45.7 Å². The Hall–Kier alpha value is -3.10. The average molecular weight is 512 g/mol. The highest BCUT2D eigenvalue weighted by Crippen LogP contribution is 2.33. The quantitative estimate of drug-likeness (QED) is 0.506. The number of carbonyl (C=O) groups excluding carboxylic acids is 1. The van der Waals surface area contributed by atoms with E-state index in [-0.39, 0.29) is 12.4 Å². The van der Waals surface area contributed by atoms with Crippen molar-refractivity contribution in [2.75, 3.05) is 44.2 Å². The van der Waals surface area contributed by atoms with Gasteiger partial charge in [0.05, 0.1) is 22.0 Å². The lowest BCUT2D eigenvalue weighted by Crippen LogP contribution is -2.53. The molecule has 9 heteroatoms. The molecule has 2 saturated heterocycles. The molecule has 2 N–H and O–H groups in total. The van der Waals surface area contributed by atoms with Crippen LogP contribution in [0, 0.1) is 5.92 Å². The van der Waals surface area contributed by atoms with Gasteiger partial charge in [0.25, 0.3) is 6.47 Å². The number of H-pyrrole nitrogens is 1. The first kappa shape index (κ1) is 26.0. The van der Waals surface area contributed by atoms with Gasteiger partial charge in [0, 0.05) is 56.6 Å². The van der Waals surface area contributed by atoms with Gasteiger partial charge in [-0.15, -0.1) is 0 Å². The number of para-hydroxylation sites is 2. The molecule has 1 aromatic heterocycles. The van der Waals surface area contributed by atoms with Crippen molar-refractivity contribution in [1.29, 1.82) is 0 Å². The zero-order valence-electron chi connectivity index (χ0n) is 20.9. The summed E-state index contributed by atoms with van der Waals surface area (Å²) in [6.07, 6.45) is 1.98. The van der Waals surface area contributed by atoms with Gasteiger partial charge in [-0.3, -0.25) is 14.5 Å². The van der Waals surface area contributed by atoms with Gasteiger partial charge in [0.2, 0.25) is 5.91 Å². The standard InChI is InChI=1S/C26H32ClN5O.CH2O2/c1-18(2)30-12-14-31(15-13-30)26(33)19-6-5-11-32(17-19)20-9-10-22(27)21(16-20)25-28-23-7-3-4-8-24(23)29-25;2-1-3/h3-4,7-10,16,18-19H,5-6,11-15,17H2,1-2H3,(H,28,29);1H,(H,2,3)/t19-;/m1./s1. The van der Waals surface area contributed by atoms with Crippen LogP contribution in [-0.4, -0.2) is 82.6 Å². The topological polar surface area (TPSA) is 92.8 Å². The number of hydrogen-bond donors (Lipinski definition) is 2. The molecule has 5 rings (SSSR count). The SMILES string of the molecule is CC(C)N1CCN(C(=O)[C@@H]2CCCN(c3ccc(Cl)c(-c4nc5ccccc5[nH]4)c3)C2)CC1.O=CO. The van der Waals surface area contributed by atoms with Gasteiger partial charge < -0.3 is 19.9 Å². The molecular weight excluding hydrogens is 478 g/mol. The number of carbonyl (C=O) groups is 2. The molecule has 3 heterocycles. The summed E-state index contributed by atoms with van der Waals surface area (Å²) in [5.41, 5.74) is 3.91. The Kier molecular flexibility index (Phi) is 8.48. The minimum absolute atomic E-state index is 0.0506. The fourth-order valence-corrected chi connectivity index (χ4v) is 5.31. The number of nitrogens with zero attached hydrogens (tertiary/aromatic N) is 4. The van der Waals surface area contributed by atoms with E-state index in [1.165, 1.54) is 0 Å². The number of halogens is 1. The zero-order chi connectivity index (χ0) is 25.7. The van der Waals surface area contributed by atoms with Gasteiger partial charge in [-0.05, 0) is 57.0 Å². The summed E-state index contributed by atoms with van der Waals surface area (Å²) in [6, 6.07) is 14.6. The van der Waals surface area contributed by atoms with Crippen LogP contribution in [0.15, 0.2) is 42.5 Å². The third-order valence-corrected chi connectivity index (χ3v) is 7.42. The molecule has 8 nitrogen and oxygen atoms in total. The van der Waals surface area contributed by atoms with Crippen molar-refractivity contribution in [2.24, 2.45) is 5.92 Å². The minimum atomic E-state index is -0.250. The number of aromatic amines is 1. The molecule has 3 aromatic rings. The lowest BCUT2D eigenvalue weighted by atomic mass is 9.95. The maximum absolute atomic E-state index is 13.3. The molecule has 0 bridgehead atoms. The highest BCUT2D eigenvalue weighted by molar-refractivity contribution is 6.33. The maximum Gasteiger partial charge on any atom is 0.290 e. The molecule has 0 radical (unpaired) electrons. The lowest BCUT2D eigenvalue weighted by Gasteiger charge is -2.40. The van der Waals surface area contributed by atoms with Gasteiger partial charge in [0.1, 0.15) is 5.82 Å². The van der Waals surface area contributed by atoms with E-state index < -0.39 is 0 Å². The monoisotopic (exact) mass is 511 g/mol. The smallest absolute Gasteiger partial charge is 0.290 e. The normalized spacial score (nSPS) is 18.7. The second-order valence-electron chi connectivity index (χ2n) is 9.61. The summed E-state index contributed by atoms with van der Waals surface area (Å²) < 4.78 is 0. The number of nitrogens with one attached hydrogen (secondary N) is 1. The second-order valence-corrected chi connectivity index (χ2v) is 10.0. The van der Waals surface area contributed by atoms with Gasteiger partial charge in [-0.1, -0.05) is 23.7 Å². The summed E-state index contributed by atoms with van der Waals surface area (Å²) in [4.78, 5) is 36.6. The third-order valence-electron chi connectivity index (χ3n) is 7.09. The highest BCUT2D eigenvalue weighted by atomic mass is 35.5. The van der Waals surface area contributed by atoms with Crippen molar-refractivity contribution in [3.8, 4) is 11.4 Å². The summed E-state index contributed by atoms with van der Waals surface area (Å²) in [5, 5.41) is 7.56. The Labute approximate surface area is 216 Å². The molecule has 36 heavy (non-hydrogen) atoms. The summed E-state index contributed by atoms with van der Waals surface area (Å²) in [6.45, 7) is 9.52. The molecule has 2 aromatic carbocycles. The molecule has 1 amide bonds. The molecule has 0 saturated carbocycles. The Morgan fingerprint density at radius 2 is 1.86 bits per heavy atom. The molecule has 0 unspecified atom stereocenters. The summed E-state index contributed by atoms with van der Waals surface area (Å²) >= 11 is 6.57. The fourth-order valence-electron chi connectivity index (χ4n) is 5.10. The number of imidazole rings is 1. The van der Waals surface area contributed by atoms with Crippen LogP contribution in [0.1, 0.15) is 26.7 Å². The van der Waals surface area contributed by atoms with Crippen molar-refractivity contribution < 1.29 is 14.7 Å². The van der Waals surface area contributed by atoms with E-state index in [1.807, 2.05) is 30.3 Å². The molecule has 0 aliphatic carbocycles. The van der Waals surface area contributed by atoms with Crippen molar-refractivity contribution in [3.05, 3.63) is 47.5 Å². The molecule has 0 spiro atoms. The fraction of sp³-hybridized carbons (Fsp3) is 0.444. The second kappa shape index (κ2) is 11.8. The zero-order valence-corrected chi connectivity index (χ0v) is 21.6. The number of rotatable bonds is 4. The van der Waals surface area contributed by atoms with Crippen molar-refractivity contribution in [1.82, 2.24) is 19.8 Å². The van der Waals surface area contributed by atoms with E-state index in [0.717, 1.165) is 80.2 Å². The summed E-state index contributed by atoms with van der Waals surface area (Å²) in [7, 11) is 0. The number of amides is 1. The van der Waals surface area contributed by atoms with E-state index in [4.69, 9.17) is 26.5 Å². The van der Waals surface area contributed by atoms with Crippen molar-refractivity contribution in [2.45, 2.75) is 32.7 Å². The molecule has 2 fully saturated rings. The Morgan fingerprint density at radius 3 is 2.56 bits per heavy atom. The third kappa shape index (κ3) is 5.82. The highest BCUT2D eigenvalue weighted by Gasteiger charge is 2.31. The predicted octanol–water partition coefficient (Wildman–Crippen LogP) is 4.35. The Balaban J connectivity index is 0.000000967. The summed E-state index contributed by atoms with van der Waals surface area (Å²) in [5.74, 6) is 1.14. The van der Waals surface area contributed by atoms with Crippen LogP contribution in [0.2, 0.25) is 5.02 Å². The number of piperidine rings is 1. The number of aromatic nitrogens is 2. The van der Waals surface area contributed by atoms with E-state index in [9.17, 15) is 4.79 Å². The molecule has 2 aliphatic rings. The van der Waals surface area contributed by atoms with Crippen LogP contribution in [-0.2, 0) is 9.59 Å². The number of hydrogen-bond acceptors (Lipinski definition) is 5. The first-order valence-corrected chi connectivity index (χ1v) is 12.9.